The van der Waals surface area contributed by atoms with E-state index in [9.17, 15) is 0 Å². The van der Waals surface area contributed by atoms with Gasteiger partial charge in [0.25, 0.3) is 0 Å². The average molecular weight is 218 g/mol. The molecule has 2 heteroatoms. The molecule has 0 amide bonds. The Hall–Kier alpha value is -0.860. The second-order valence-corrected chi connectivity index (χ2v) is 5.06. The molecule has 16 heavy (non-hydrogen) atoms. The molecule has 1 fully saturated rings. The molecule has 2 nitrogen and oxygen atoms in total. The molecule has 88 valence electrons. The van der Waals surface area contributed by atoms with Gasteiger partial charge >= 0.3 is 0 Å². The quantitative estimate of drug-likeness (QED) is 0.824. The standard InChI is InChI=1S/C14H22N2/c1-11-5-6-13(9-12(11)2)14(10-15)7-4-8-16(14)3/h5-6,9H,4,7-8,10,15H2,1-3H3. The van der Waals surface area contributed by atoms with Gasteiger partial charge in [-0.25, -0.2) is 0 Å². The van der Waals surface area contributed by atoms with Crippen LogP contribution in [0.2, 0.25) is 0 Å². The largest absolute Gasteiger partial charge is 0.328 e. The highest BCUT2D eigenvalue weighted by Crippen LogP contribution is 2.37. The fourth-order valence-corrected chi connectivity index (χ4v) is 2.78. The Kier molecular flexibility index (Phi) is 3.04. The fourth-order valence-electron chi connectivity index (χ4n) is 2.78. The SMILES string of the molecule is Cc1ccc(C2(CN)CCCN2C)cc1C. The van der Waals surface area contributed by atoms with E-state index in [4.69, 9.17) is 5.73 Å². The lowest BCUT2D eigenvalue weighted by molar-refractivity contribution is 0.183. The Balaban J connectivity index is 2.44. The number of benzene rings is 1. The molecule has 1 aromatic carbocycles. The molecule has 0 bridgehead atoms. The van der Waals surface area contributed by atoms with Crippen molar-refractivity contribution < 1.29 is 0 Å². The van der Waals surface area contributed by atoms with Gasteiger partial charge in [0.05, 0.1) is 5.54 Å². The molecule has 1 aliphatic rings. The lowest BCUT2D eigenvalue weighted by atomic mass is 9.86. The van der Waals surface area contributed by atoms with Gasteiger partial charge in [0.1, 0.15) is 0 Å². The summed E-state index contributed by atoms with van der Waals surface area (Å²) in [5, 5.41) is 0. The lowest BCUT2D eigenvalue weighted by Crippen LogP contribution is -2.44. The van der Waals surface area contributed by atoms with Crippen molar-refractivity contribution in [2.75, 3.05) is 20.1 Å². The third kappa shape index (κ3) is 1.66. The smallest absolute Gasteiger partial charge is 0.0581 e. The van der Waals surface area contributed by atoms with E-state index in [-0.39, 0.29) is 5.54 Å². The second kappa shape index (κ2) is 4.19. The molecule has 1 aliphatic heterocycles. The highest BCUT2D eigenvalue weighted by Gasteiger charge is 2.38. The Morgan fingerprint density at radius 3 is 2.56 bits per heavy atom. The summed E-state index contributed by atoms with van der Waals surface area (Å²) in [6.45, 7) is 6.21. The minimum absolute atomic E-state index is 0.0818. The van der Waals surface area contributed by atoms with Gasteiger partial charge in [-0.15, -0.1) is 0 Å². The predicted molar refractivity (Wildman–Crippen MR) is 68.5 cm³/mol. The zero-order valence-corrected chi connectivity index (χ0v) is 10.6. The van der Waals surface area contributed by atoms with Crippen LogP contribution in [0.1, 0.15) is 29.5 Å². The van der Waals surface area contributed by atoms with Gasteiger partial charge in [-0.2, -0.15) is 0 Å². The number of hydrogen-bond acceptors (Lipinski definition) is 2. The van der Waals surface area contributed by atoms with E-state index in [0.717, 1.165) is 6.54 Å². The molecule has 0 aromatic heterocycles. The number of likely N-dealkylation sites (tertiary alicyclic amines) is 1. The van der Waals surface area contributed by atoms with Crippen LogP contribution in [-0.2, 0) is 5.54 Å². The third-order valence-electron chi connectivity index (χ3n) is 4.20. The number of aryl methyl sites for hydroxylation is 2. The van der Waals surface area contributed by atoms with Gasteiger partial charge in [-0.1, -0.05) is 18.2 Å². The zero-order chi connectivity index (χ0) is 11.8. The summed E-state index contributed by atoms with van der Waals surface area (Å²) in [5.74, 6) is 0. The summed E-state index contributed by atoms with van der Waals surface area (Å²) in [6.07, 6.45) is 2.43. The van der Waals surface area contributed by atoms with Crippen molar-refractivity contribution in [3.05, 3.63) is 34.9 Å². The molecule has 1 heterocycles. The van der Waals surface area contributed by atoms with E-state index < -0.39 is 0 Å². The second-order valence-electron chi connectivity index (χ2n) is 5.06. The summed E-state index contributed by atoms with van der Waals surface area (Å²) < 4.78 is 0. The van der Waals surface area contributed by atoms with E-state index in [1.54, 1.807) is 0 Å². The number of hydrogen-bond donors (Lipinski definition) is 1. The first-order valence-electron chi connectivity index (χ1n) is 6.09. The maximum Gasteiger partial charge on any atom is 0.0581 e. The van der Waals surface area contributed by atoms with Crippen LogP contribution < -0.4 is 5.73 Å². The van der Waals surface area contributed by atoms with Gasteiger partial charge < -0.3 is 5.73 Å². The summed E-state index contributed by atoms with van der Waals surface area (Å²) in [7, 11) is 2.19. The molecule has 2 N–H and O–H groups in total. The average Bonchev–Trinajstić information content (AvgIpc) is 2.65. The van der Waals surface area contributed by atoms with Crippen LogP contribution in [0.4, 0.5) is 0 Å². The monoisotopic (exact) mass is 218 g/mol. The molecular weight excluding hydrogens is 196 g/mol. The first-order valence-corrected chi connectivity index (χ1v) is 6.09. The molecule has 1 aromatic rings. The van der Waals surface area contributed by atoms with Crippen molar-refractivity contribution >= 4 is 0 Å². The topological polar surface area (TPSA) is 29.3 Å². The maximum atomic E-state index is 6.04. The van der Waals surface area contributed by atoms with Crippen molar-refractivity contribution in [2.45, 2.75) is 32.2 Å². The summed E-state index contributed by atoms with van der Waals surface area (Å²) in [5.41, 5.74) is 10.2. The first kappa shape index (κ1) is 11.6. The summed E-state index contributed by atoms with van der Waals surface area (Å²) >= 11 is 0. The summed E-state index contributed by atoms with van der Waals surface area (Å²) in [4.78, 5) is 2.41. The highest BCUT2D eigenvalue weighted by atomic mass is 15.2. The van der Waals surface area contributed by atoms with E-state index in [0.29, 0.717) is 6.54 Å². The van der Waals surface area contributed by atoms with E-state index in [1.165, 1.54) is 29.5 Å². The van der Waals surface area contributed by atoms with E-state index >= 15 is 0 Å². The molecule has 0 aliphatic carbocycles. The minimum Gasteiger partial charge on any atom is -0.328 e. The van der Waals surface area contributed by atoms with Crippen LogP contribution in [0, 0.1) is 13.8 Å². The Labute approximate surface area is 98.4 Å². The Bertz CT molecular complexity index is 386. The van der Waals surface area contributed by atoms with Gasteiger partial charge in [0.2, 0.25) is 0 Å². The molecule has 1 saturated heterocycles. The minimum atomic E-state index is 0.0818. The molecular formula is C14H22N2. The number of rotatable bonds is 2. The van der Waals surface area contributed by atoms with Crippen molar-refractivity contribution in [1.82, 2.24) is 4.90 Å². The van der Waals surface area contributed by atoms with Crippen molar-refractivity contribution in [2.24, 2.45) is 5.73 Å². The van der Waals surface area contributed by atoms with Crippen LogP contribution in [0.5, 0.6) is 0 Å². The summed E-state index contributed by atoms with van der Waals surface area (Å²) in [6, 6.07) is 6.77. The highest BCUT2D eigenvalue weighted by molar-refractivity contribution is 5.35. The molecule has 1 unspecified atom stereocenters. The zero-order valence-electron chi connectivity index (χ0n) is 10.6. The van der Waals surface area contributed by atoms with Gasteiger partial charge in [0, 0.05) is 6.54 Å². The van der Waals surface area contributed by atoms with Gasteiger partial charge in [0.15, 0.2) is 0 Å². The van der Waals surface area contributed by atoms with Crippen molar-refractivity contribution in [3.8, 4) is 0 Å². The number of nitrogens with two attached hydrogens (primary N) is 1. The number of nitrogens with zero attached hydrogens (tertiary/aromatic N) is 1. The lowest BCUT2D eigenvalue weighted by Gasteiger charge is -2.36. The van der Waals surface area contributed by atoms with Crippen LogP contribution in [-0.4, -0.2) is 25.0 Å². The van der Waals surface area contributed by atoms with Crippen LogP contribution in [0.15, 0.2) is 18.2 Å². The van der Waals surface area contributed by atoms with E-state index in [2.05, 4.69) is 44.0 Å². The van der Waals surface area contributed by atoms with Crippen LogP contribution in [0.25, 0.3) is 0 Å². The van der Waals surface area contributed by atoms with Gasteiger partial charge in [-0.3, -0.25) is 4.90 Å². The molecule has 1 atom stereocenters. The third-order valence-corrected chi connectivity index (χ3v) is 4.20. The Morgan fingerprint density at radius 1 is 1.31 bits per heavy atom. The van der Waals surface area contributed by atoms with E-state index in [1.807, 2.05) is 0 Å². The maximum absolute atomic E-state index is 6.04. The number of likely N-dealkylation sites (N-methyl/N-ethyl adjacent to an activating group) is 1. The van der Waals surface area contributed by atoms with Crippen molar-refractivity contribution in [1.29, 1.82) is 0 Å². The molecule has 2 rings (SSSR count). The predicted octanol–water partition coefficient (Wildman–Crippen LogP) is 2.18. The van der Waals surface area contributed by atoms with Gasteiger partial charge in [-0.05, 0) is 57.0 Å². The molecule has 0 spiro atoms. The first-order chi connectivity index (χ1) is 7.60. The fraction of sp³-hybridized carbons (Fsp3) is 0.571. The van der Waals surface area contributed by atoms with Crippen molar-refractivity contribution in [3.63, 3.8) is 0 Å². The Morgan fingerprint density at radius 2 is 2.06 bits per heavy atom. The molecule has 0 saturated carbocycles. The van der Waals surface area contributed by atoms with Crippen LogP contribution in [0.3, 0.4) is 0 Å². The normalized spacial score (nSPS) is 26.2. The van der Waals surface area contributed by atoms with Crippen LogP contribution >= 0.6 is 0 Å². The molecule has 0 radical (unpaired) electrons.